The summed E-state index contributed by atoms with van der Waals surface area (Å²) in [5, 5.41) is 0. The highest BCUT2D eigenvalue weighted by atomic mass is 79.9. The van der Waals surface area contributed by atoms with Gasteiger partial charge >= 0.3 is 6.61 Å². The molecule has 0 saturated heterocycles. The fraction of sp³-hybridized carbons (Fsp3) is 0.467. The predicted octanol–water partition coefficient (Wildman–Crippen LogP) is 3.16. The summed E-state index contributed by atoms with van der Waals surface area (Å²) in [6, 6.07) is 4.61. The molecule has 1 aliphatic carbocycles. The molecule has 4 N–H and O–H groups in total. The molecule has 6 nitrogen and oxygen atoms in total. The van der Waals surface area contributed by atoms with Crippen molar-refractivity contribution in [2.45, 2.75) is 44.4 Å². The molecule has 0 radical (unpaired) electrons. The number of benzene rings is 1. The molecule has 130 valence electrons. The van der Waals surface area contributed by atoms with Crippen molar-refractivity contribution in [1.82, 2.24) is 0 Å². The maximum absolute atomic E-state index is 12.4. The molecule has 1 fully saturated rings. The van der Waals surface area contributed by atoms with E-state index in [1.54, 1.807) is 6.07 Å². The minimum absolute atomic E-state index is 0.0638. The van der Waals surface area contributed by atoms with Crippen molar-refractivity contribution in [3.63, 3.8) is 0 Å². The molecular weight excluding hydrogens is 384 g/mol. The number of nitrogens with zero attached hydrogens (tertiary/aromatic N) is 3. The number of ether oxygens (including phenoxy) is 1. The summed E-state index contributed by atoms with van der Waals surface area (Å²) >= 11 is 3.41. The Morgan fingerprint density at radius 2 is 1.92 bits per heavy atom. The smallest absolute Gasteiger partial charge is 0.387 e. The van der Waals surface area contributed by atoms with Crippen molar-refractivity contribution in [2.24, 2.45) is 21.5 Å². The van der Waals surface area contributed by atoms with Crippen molar-refractivity contribution < 1.29 is 13.5 Å². The first-order valence-electron chi connectivity index (χ1n) is 7.65. The van der Waals surface area contributed by atoms with Gasteiger partial charge in [-0.3, -0.25) is 4.90 Å². The van der Waals surface area contributed by atoms with Crippen molar-refractivity contribution in [3.8, 4) is 5.75 Å². The molecular formula is C15H18BrF2N5O. The Balaban J connectivity index is 2.01. The minimum atomic E-state index is -2.88. The van der Waals surface area contributed by atoms with E-state index < -0.39 is 12.3 Å². The van der Waals surface area contributed by atoms with Gasteiger partial charge in [0.1, 0.15) is 11.4 Å². The number of nitrogens with two attached hydrogens (primary N) is 2. The Hall–Kier alpha value is -1.90. The van der Waals surface area contributed by atoms with Gasteiger partial charge in [-0.1, -0.05) is 6.42 Å². The zero-order chi connectivity index (χ0) is 17.3. The van der Waals surface area contributed by atoms with Gasteiger partial charge in [0, 0.05) is 4.47 Å². The lowest BCUT2D eigenvalue weighted by atomic mass is 9.87. The number of guanidine groups is 2. The van der Waals surface area contributed by atoms with E-state index in [2.05, 4.69) is 30.7 Å². The predicted molar refractivity (Wildman–Crippen MR) is 92.3 cm³/mol. The topological polar surface area (TPSA) is 89.2 Å². The lowest BCUT2D eigenvalue weighted by Crippen LogP contribution is -2.58. The molecule has 1 aromatic rings. The number of anilines is 1. The third kappa shape index (κ3) is 3.17. The van der Waals surface area contributed by atoms with Gasteiger partial charge in [0.2, 0.25) is 11.9 Å². The number of rotatable bonds is 3. The van der Waals surface area contributed by atoms with Gasteiger partial charge in [-0.15, -0.1) is 0 Å². The van der Waals surface area contributed by atoms with E-state index in [4.69, 9.17) is 11.5 Å². The summed E-state index contributed by atoms with van der Waals surface area (Å²) in [6.45, 7) is -2.88. The second-order valence-corrected chi connectivity index (χ2v) is 6.66. The first-order chi connectivity index (χ1) is 11.4. The van der Waals surface area contributed by atoms with Crippen LogP contribution in [0.5, 0.6) is 5.75 Å². The van der Waals surface area contributed by atoms with Gasteiger partial charge in [-0.05, 0) is 59.8 Å². The Bertz CT molecular complexity index is 688. The lowest BCUT2D eigenvalue weighted by molar-refractivity contribution is -0.0498. The van der Waals surface area contributed by atoms with E-state index in [-0.39, 0.29) is 17.7 Å². The molecule has 0 amide bonds. The first kappa shape index (κ1) is 16.9. The standard InChI is InChI=1S/C15H18BrF2N5O/c16-10-8-9(24-12(17)18)4-5-11(10)23-14(20)21-13(19)22-15(23)6-2-1-3-7-15/h4-5,8,12H,1-3,6-7H2,(H4,19,20,21,22). The fourth-order valence-electron chi connectivity index (χ4n) is 3.31. The lowest BCUT2D eigenvalue weighted by Gasteiger charge is -2.45. The van der Waals surface area contributed by atoms with Crippen molar-refractivity contribution in [1.29, 1.82) is 0 Å². The number of alkyl halides is 2. The van der Waals surface area contributed by atoms with Crippen LogP contribution in [0.3, 0.4) is 0 Å². The second kappa shape index (κ2) is 6.54. The van der Waals surface area contributed by atoms with E-state index in [9.17, 15) is 8.78 Å². The summed E-state index contributed by atoms with van der Waals surface area (Å²) in [5.74, 6) is 0.473. The number of halogens is 3. The van der Waals surface area contributed by atoms with Crippen LogP contribution < -0.4 is 21.1 Å². The fourth-order valence-corrected chi connectivity index (χ4v) is 3.85. The monoisotopic (exact) mass is 401 g/mol. The van der Waals surface area contributed by atoms with Crippen LogP contribution in [0.4, 0.5) is 14.5 Å². The maximum atomic E-state index is 12.4. The molecule has 1 aliphatic heterocycles. The molecule has 0 atom stereocenters. The molecule has 1 heterocycles. The molecule has 0 bridgehead atoms. The largest absolute Gasteiger partial charge is 0.435 e. The van der Waals surface area contributed by atoms with Crippen LogP contribution in [-0.2, 0) is 0 Å². The summed E-state index contributed by atoms with van der Waals surface area (Å²) < 4.78 is 29.8. The summed E-state index contributed by atoms with van der Waals surface area (Å²) in [5.41, 5.74) is 12.1. The molecule has 2 aliphatic rings. The van der Waals surface area contributed by atoms with Crippen molar-refractivity contribution in [3.05, 3.63) is 22.7 Å². The molecule has 1 spiro atoms. The zero-order valence-electron chi connectivity index (χ0n) is 12.9. The number of aliphatic imine (C=N–C) groups is 2. The van der Waals surface area contributed by atoms with Crippen LogP contribution in [-0.4, -0.2) is 24.2 Å². The summed E-state index contributed by atoms with van der Waals surface area (Å²) in [6.07, 6.45) is 4.73. The molecule has 0 unspecified atom stereocenters. The number of hydrogen-bond donors (Lipinski definition) is 2. The minimum Gasteiger partial charge on any atom is -0.435 e. The van der Waals surface area contributed by atoms with Crippen LogP contribution in [0, 0.1) is 0 Å². The van der Waals surface area contributed by atoms with Gasteiger partial charge in [0.15, 0.2) is 0 Å². The highest BCUT2D eigenvalue weighted by Crippen LogP contribution is 2.42. The van der Waals surface area contributed by atoms with Crippen LogP contribution in [0.2, 0.25) is 0 Å². The normalized spacial score (nSPS) is 20.1. The van der Waals surface area contributed by atoms with Crippen molar-refractivity contribution >= 4 is 33.5 Å². The Morgan fingerprint density at radius 3 is 2.54 bits per heavy atom. The molecule has 1 saturated carbocycles. The highest BCUT2D eigenvalue weighted by molar-refractivity contribution is 9.10. The zero-order valence-corrected chi connectivity index (χ0v) is 14.5. The average molecular weight is 402 g/mol. The van der Waals surface area contributed by atoms with Crippen LogP contribution in [0.25, 0.3) is 0 Å². The van der Waals surface area contributed by atoms with E-state index in [1.165, 1.54) is 12.1 Å². The third-order valence-corrected chi connectivity index (χ3v) is 4.87. The molecule has 0 aromatic heterocycles. The SMILES string of the molecule is NC1=NC2(CCCCC2)N(c2ccc(OC(F)F)cc2Br)C(N)=N1. The molecule has 1 aromatic carbocycles. The summed E-state index contributed by atoms with van der Waals surface area (Å²) in [7, 11) is 0. The van der Waals surface area contributed by atoms with E-state index >= 15 is 0 Å². The molecule has 9 heteroatoms. The van der Waals surface area contributed by atoms with Crippen LogP contribution in [0.15, 0.2) is 32.7 Å². The molecule has 24 heavy (non-hydrogen) atoms. The quantitative estimate of drug-likeness (QED) is 0.813. The van der Waals surface area contributed by atoms with Gasteiger partial charge in [-0.2, -0.15) is 13.8 Å². The number of hydrogen-bond acceptors (Lipinski definition) is 6. The van der Waals surface area contributed by atoms with Gasteiger partial charge < -0.3 is 16.2 Å². The van der Waals surface area contributed by atoms with Gasteiger partial charge in [0.25, 0.3) is 0 Å². The highest BCUT2D eigenvalue weighted by Gasteiger charge is 2.43. The van der Waals surface area contributed by atoms with E-state index in [1.807, 2.05) is 4.90 Å². The second-order valence-electron chi connectivity index (χ2n) is 5.81. The van der Waals surface area contributed by atoms with Crippen LogP contribution >= 0.6 is 15.9 Å². The Labute approximate surface area is 146 Å². The van der Waals surface area contributed by atoms with E-state index in [0.717, 1.165) is 32.1 Å². The Morgan fingerprint density at radius 1 is 1.21 bits per heavy atom. The van der Waals surface area contributed by atoms with Crippen molar-refractivity contribution in [2.75, 3.05) is 4.90 Å². The Kier molecular flexibility index (Phi) is 4.62. The maximum Gasteiger partial charge on any atom is 0.387 e. The average Bonchev–Trinajstić information content (AvgIpc) is 2.49. The molecule has 3 rings (SSSR count). The third-order valence-electron chi connectivity index (χ3n) is 4.24. The van der Waals surface area contributed by atoms with Crippen LogP contribution in [0.1, 0.15) is 32.1 Å². The first-order valence-corrected chi connectivity index (χ1v) is 8.45. The van der Waals surface area contributed by atoms with Gasteiger partial charge in [0.05, 0.1) is 5.69 Å². The van der Waals surface area contributed by atoms with Gasteiger partial charge in [-0.25, -0.2) is 4.99 Å². The summed E-state index contributed by atoms with van der Waals surface area (Å²) in [4.78, 5) is 10.5. The van der Waals surface area contributed by atoms with E-state index in [0.29, 0.717) is 10.2 Å².